The van der Waals surface area contributed by atoms with Gasteiger partial charge in [-0.3, -0.25) is 9.69 Å². The Morgan fingerprint density at radius 1 is 1.30 bits per heavy atom. The Morgan fingerprint density at radius 3 is 2.63 bits per heavy atom. The van der Waals surface area contributed by atoms with Crippen LogP contribution in [0.3, 0.4) is 0 Å². The zero-order valence-corrected chi connectivity index (χ0v) is 15.6. The molecular formula is C19H25N5O3. The second kappa shape index (κ2) is 8.22. The standard InChI is InChI=1S/C19H25N5O3/c1-3-23(12-18(25)26)16-9-14(10-16)21-19(27)22-17-11-20-24(13(17)2)15-7-5-4-6-8-15/h4-8,11,14,16H,3,9-10,12H2,1-2H3,(H,25,26)(H2,21,22,27). The SMILES string of the molecule is CCN(CC(=O)O)C1CC(NC(=O)Nc2cnn(-c3ccccc3)c2C)C1. The largest absolute Gasteiger partial charge is 0.480 e. The molecule has 0 aliphatic heterocycles. The average molecular weight is 371 g/mol. The minimum absolute atomic E-state index is 0.0396. The minimum atomic E-state index is -0.822. The van der Waals surface area contributed by atoms with Crippen LogP contribution in [0.4, 0.5) is 10.5 Å². The molecule has 0 unspecified atom stereocenters. The van der Waals surface area contributed by atoms with E-state index in [-0.39, 0.29) is 24.7 Å². The third kappa shape index (κ3) is 4.46. The number of amides is 2. The van der Waals surface area contributed by atoms with Crippen molar-refractivity contribution in [2.24, 2.45) is 0 Å². The summed E-state index contributed by atoms with van der Waals surface area (Å²) in [6, 6.07) is 9.72. The molecule has 1 aliphatic carbocycles. The fourth-order valence-corrected chi connectivity index (χ4v) is 3.38. The normalized spacial score (nSPS) is 18.8. The number of carbonyl (C=O) groups is 2. The van der Waals surface area contributed by atoms with Crippen LogP contribution in [0, 0.1) is 6.92 Å². The number of aromatic nitrogens is 2. The topological polar surface area (TPSA) is 99.5 Å². The monoisotopic (exact) mass is 371 g/mol. The molecular weight excluding hydrogens is 346 g/mol. The van der Waals surface area contributed by atoms with Gasteiger partial charge in [-0.2, -0.15) is 5.10 Å². The van der Waals surface area contributed by atoms with Crippen molar-refractivity contribution in [2.45, 2.75) is 38.8 Å². The van der Waals surface area contributed by atoms with Gasteiger partial charge < -0.3 is 15.7 Å². The van der Waals surface area contributed by atoms with Gasteiger partial charge in [-0.15, -0.1) is 0 Å². The van der Waals surface area contributed by atoms with Crippen molar-refractivity contribution in [1.29, 1.82) is 0 Å². The number of para-hydroxylation sites is 1. The van der Waals surface area contributed by atoms with Gasteiger partial charge in [0, 0.05) is 12.1 Å². The maximum Gasteiger partial charge on any atom is 0.319 e. The van der Waals surface area contributed by atoms with Crippen molar-refractivity contribution in [1.82, 2.24) is 20.0 Å². The number of hydrogen-bond acceptors (Lipinski definition) is 4. The molecule has 1 saturated carbocycles. The lowest BCUT2D eigenvalue weighted by atomic mass is 9.85. The number of carbonyl (C=O) groups excluding carboxylic acids is 1. The summed E-state index contributed by atoms with van der Waals surface area (Å²) < 4.78 is 1.78. The van der Waals surface area contributed by atoms with Gasteiger partial charge in [-0.25, -0.2) is 9.48 Å². The Kier molecular flexibility index (Phi) is 5.75. The van der Waals surface area contributed by atoms with E-state index in [2.05, 4.69) is 15.7 Å². The first-order chi connectivity index (χ1) is 13.0. The molecule has 1 aromatic carbocycles. The molecule has 1 heterocycles. The lowest BCUT2D eigenvalue weighted by Crippen LogP contribution is -2.55. The highest BCUT2D eigenvalue weighted by Crippen LogP contribution is 2.26. The summed E-state index contributed by atoms with van der Waals surface area (Å²) in [5.74, 6) is -0.822. The molecule has 1 aliphatic rings. The van der Waals surface area contributed by atoms with E-state index in [0.717, 1.165) is 24.2 Å². The van der Waals surface area contributed by atoms with Gasteiger partial charge in [0.05, 0.1) is 29.8 Å². The Labute approximate surface area is 158 Å². The number of carboxylic acid groups (broad SMARTS) is 1. The van der Waals surface area contributed by atoms with Gasteiger partial charge in [-0.1, -0.05) is 25.1 Å². The van der Waals surface area contributed by atoms with E-state index in [9.17, 15) is 9.59 Å². The maximum absolute atomic E-state index is 12.3. The van der Waals surface area contributed by atoms with E-state index in [1.807, 2.05) is 49.1 Å². The molecule has 1 aromatic heterocycles. The summed E-state index contributed by atoms with van der Waals surface area (Å²) in [6.45, 7) is 4.58. The number of likely N-dealkylation sites (N-methyl/N-ethyl adjacent to an activating group) is 1. The lowest BCUT2D eigenvalue weighted by Gasteiger charge is -2.42. The van der Waals surface area contributed by atoms with Crippen LogP contribution >= 0.6 is 0 Å². The molecule has 27 heavy (non-hydrogen) atoms. The molecule has 3 rings (SSSR count). The minimum Gasteiger partial charge on any atom is -0.480 e. The summed E-state index contributed by atoms with van der Waals surface area (Å²) in [5, 5.41) is 19.1. The van der Waals surface area contributed by atoms with Crippen LogP contribution in [0.5, 0.6) is 0 Å². The van der Waals surface area contributed by atoms with Gasteiger partial charge in [0.25, 0.3) is 0 Å². The Morgan fingerprint density at radius 2 is 2.00 bits per heavy atom. The number of hydrogen-bond donors (Lipinski definition) is 3. The van der Waals surface area contributed by atoms with Crippen molar-refractivity contribution in [3.63, 3.8) is 0 Å². The first kappa shape index (κ1) is 18.9. The van der Waals surface area contributed by atoms with Crippen LogP contribution in [0.2, 0.25) is 0 Å². The Balaban J connectivity index is 1.51. The van der Waals surface area contributed by atoms with Crippen molar-refractivity contribution >= 4 is 17.7 Å². The number of benzene rings is 1. The van der Waals surface area contributed by atoms with Crippen molar-refractivity contribution < 1.29 is 14.7 Å². The number of nitrogens with one attached hydrogen (secondary N) is 2. The third-order valence-corrected chi connectivity index (χ3v) is 4.97. The molecule has 144 valence electrons. The summed E-state index contributed by atoms with van der Waals surface area (Å²) in [4.78, 5) is 25.1. The van der Waals surface area contributed by atoms with Crippen molar-refractivity contribution in [3.8, 4) is 5.69 Å². The van der Waals surface area contributed by atoms with Crippen molar-refractivity contribution in [3.05, 3.63) is 42.2 Å². The molecule has 0 bridgehead atoms. The zero-order chi connectivity index (χ0) is 19.4. The van der Waals surface area contributed by atoms with E-state index < -0.39 is 5.97 Å². The van der Waals surface area contributed by atoms with Crippen LogP contribution in [0.15, 0.2) is 36.5 Å². The predicted molar refractivity (Wildman–Crippen MR) is 102 cm³/mol. The van der Waals surface area contributed by atoms with E-state index in [4.69, 9.17) is 5.11 Å². The molecule has 8 heteroatoms. The second-order valence-electron chi connectivity index (χ2n) is 6.77. The van der Waals surface area contributed by atoms with E-state index in [0.29, 0.717) is 12.2 Å². The Bertz CT molecular complexity index is 799. The smallest absolute Gasteiger partial charge is 0.319 e. The first-order valence-electron chi connectivity index (χ1n) is 9.11. The van der Waals surface area contributed by atoms with Crippen LogP contribution in [0.1, 0.15) is 25.5 Å². The van der Waals surface area contributed by atoms with Crippen molar-refractivity contribution in [2.75, 3.05) is 18.4 Å². The van der Waals surface area contributed by atoms with E-state index in [1.165, 1.54) is 0 Å². The number of aliphatic carboxylic acids is 1. The molecule has 0 radical (unpaired) electrons. The van der Waals surface area contributed by atoms with Gasteiger partial charge in [0.15, 0.2) is 0 Å². The van der Waals surface area contributed by atoms with E-state index in [1.54, 1.807) is 10.9 Å². The van der Waals surface area contributed by atoms with Gasteiger partial charge in [-0.05, 0) is 38.4 Å². The summed E-state index contributed by atoms with van der Waals surface area (Å²) in [5.41, 5.74) is 2.44. The predicted octanol–water partition coefficient (Wildman–Crippen LogP) is 2.24. The number of urea groups is 1. The quantitative estimate of drug-likeness (QED) is 0.693. The zero-order valence-electron chi connectivity index (χ0n) is 15.6. The van der Waals surface area contributed by atoms with Gasteiger partial charge in [0.2, 0.25) is 0 Å². The summed E-state index contributed by atoms with van der Waals surface area (Å²) >= 11 is 0. The number of rotatable bonds is 7. The third-order valence-electron chi connectivity index (χ3n) is 4.97. The molecule has 8 nitrogen and oxygen atoms in total. The lowest BCUT2D eigenvalue weighted by molar-refractivity contribution is -0.139. The highest BCUT2D eigenvalue weighted by atomic mass is 16.4. The first-order valence-corrected chi connectivity index (χ1v) is 9.11. The number of carboxylic acids is 1. The van der Waals surface area contributed by atoms with Crippen LogP contribution in [-0.4, -0.2) is 57.0 Å². The van der Waals surface area contributed by atoms with Gasteiger partial charge >= 0.3 is 12.0 Å². The van der Waals surface area contributed by atoms with Gasteiger partial charge in [0.1, 0.15) is 0 Å². The second-order valence-corrected chi connectivity index (χ2v) is 6.77. The molecule has 3 N–H and O–H groups in total. The Hall–Kier alpha value is -2.87. The summed E-state index contributed by atoms with van der Waals surface area (Å²) in [7, 11) is 0. The highest BCUT2D eigenvalue weighted by molar-refractivity contribution is 5.90. The number of nitrogens with zero attached hydrogens (tertiary/aromatic N) is 3. The molecule has 2 aromatic rings. The molecule has 2 amide bonds. The fraction of sp³-hybridized carbons (Fsp3) is 0.421. The summed E-state index contributed by atoms with van der Waals surface area (Å²) in [6.07, 6.45) is 3.16. The average Bonchev–Trinajstić information content (AvgIpc) is 2.97. The molecule has 0 atom stereocenters. The fourth-order valence-electron chi connectivity index (χ4n) is 3.38. The van der Waals surface area contributed by atoms with Crippen LogP contribution < -0.4 is 10.6 Å². The molecule has 0 saturated heterocycles. The molecule has 0 spiro atoms. The highest BCUT2D eigenvalue weighted by Gasteiger charge is 2.34. The van der Waals surface area contributed by atoms with Crippen LogP contribution in [0.25, 0.3) is 5.69 Å². The number of anilines is 1. The van der Waals surface area contributed by atoms with Crippen LogP contribution in [-0.2, 0) is 4.79 Å². The van der Waals surface area contributed by atoms with E-state index >= 15 is 0 Å². The maximum atomic E-state index is 12.3. The molecule has 1 fully saturated rings.